The molecular weight excluding hydrogens is 311 g/mol. The molecule has 1 aliphatic rings. The van der Waals surface area contributed by atoms with E-state index in [2.05, 4.69) is 16.7 Å². The molecule has 1 atom stereocenters. The van der Waals surface area contributed by atoms with Crippen LogP contribution in [0.2, 0.25) is 10.0 Å². The van der Waals surface area contributed by atoms with Gasteiger partial charge < -0.3 is 15.4 Å². The Morgan fingerprint density at radius 2 is 2.10 bits per heavy atom. The standard InChI is InChI=1S/C15H18Cl2N2O2/c1-10(21-14-7-12(16)6-13(17)8-14)15(20)19-9-11-2-4-18-5-3-11/h2,6-8,10,18H,3-5,9H2,1H3,(H,19,20). The molecule has 21 heavy (non-hydrogen) atoms. The quantitative estimate of drug-likeness (QED) is 0.817. The zero-order valence-corrected chi connectivity index (χ0v) is 13.3. The number of carbonyl (C=O) groups excluding carboxylic acids is 1. The monoisotopic (exact) mass is 328 g/mol. The first-order valence-electron chi connectivity index (χ1n) is 6.83. The Morgan fingerprint density at radius 3 is 2.71 bits per heavy atom. The Labute approximate surface area is 134 Å². The van der Waals surface area contributed by atoms with Crippen LogP contribution in [0, 0.1) is 0 Å². The topological polar surface area (TPSA) is 50.4 Å². The molecule has 1 aromatic rings. The Balaban J connectivity index is 1.85. The third-order valence-corrected chi connectivity index (χ3v) is 3.60. The molecule has 0 saturated heterocycles. The van der Waals surface area contributed by atoms with Crippen LogP contribution >= 0.6 is 23.2 Å². The van der Waals surface area contributed by atoms with Crippen molar-refractivity contribution in [3.8, 4) is 5.75 Å². The molecule has 1 aromatic carbocycles. The van der Waals surface area contributed by atoms with E-state index in [9.17, 15) is 4.79 Å². The van der Waals surface area contributed by atoms with Crippen molar-refractivity contribution in [3.05, 3.63) is 39.9 Å². The average Bonchev–Trinajstić information content (AvgIpc) is 2.44. The Hall–Kier alpha value is -1.23. The second-order valence-electron chi connectivity index (χ2n) is 4.90. The van der Waals surface area contributed by atoms with Crippen LogP contribution in [0.4, 0.5) is 0 Å². The van der Waals surface area contributed by atoms with Crippen LogP contribution in [0.3, 0.4) is 0 Å². The van der Waals surface area contributed by atoms with Gasteiger partial charge in [0.2, 0.25) is 0 Å². The fraction of sp³-hybridized carbons (Fsp3) is 0.400. The van der Waals surface area contributed by atoms with Crippen molar-refractivity contribution in [1.29, 1.82) is 0 Å². The van der Waals surface area contributed by atoms with E-state index in [4.69, 9.17) is 27.9 Å². The van der Waals surface area contributed by atoms with Gasteiger partial charge in [0.1, 0.15) is 5.75 Å². The highest BCUT2D eigenvalue weighted by atomic mass is 35.5. The van der Waals surface area contributed by atoms with Crippen LogP contribution in [0.15, 0.2) is 29.8 Å². The number of benzene rings is 1. The Morgan fingerprint density at radius 1 is 1.38 bits per heavy atom. The molecular formula is C15H18Cl2N2O2. The molecule has 1 aliphatic heterocycles. The number of carbonyl (C=O) groups is 1. The summed E-state index contributed by atoms with van der Waals surface area (Å²) in [5.74, 6) is 0.321. The van der Waals surface area contributed by atoms with Crippen LogP contribution in [0.5, 0.6) is 5.75 Å². The highest BCUT2D eigenvalue weighted by Crippen LogP contribution is 2.24. The summed E-state index contributed by atoms with van der Waals surface area (Å²) in [6.45, 7) is 4.07. The smallest absolute Gasteiger partial charge is 0.261 e. The van der Waals surface area contributed by atoms with Gasteiger partial charge in [-0.1, -0.05) is 34.9 Å². The fourth-order valence-electron chi connectivity index (χ4n) is 2.03. The van der Waals surface area contributed by atoms with Crippen molar-refractivity contribution in [1.82, 2.24) is 10.6 Å². The molecule has 0 radical (unpaired) electrons. The zero-order chi connectivity index (χ0) is 15.2. The lowest BCUT2D eigenvalue weighted by atomic mass is 10.1. The number of halogens is 2. The van der Waals surface area contributed by atoms with Gasteiger partial charge in [0.05, 0.1) is 0 Å². The number of amides is 1. The Bertz CT molecular complexity index is 526. The molecule has 0 spiro atoms. The maximum absolute atomic E-state index is 12.0. The van der Waals surface area contributed by atoms with Gasteiger partial charge in [-0.2, -0.15) is 0 Å². The molecule has 1 heterocycles. The van der Waals surface area contributed by atoms with Crippen molar-refractivity contribution in [3.63, 3.8) is 0 Å². The fourth-order valence-corrected chi connectivity index (χ4v) is 2.53. The molecule has 1 amide bonds. The summed E-state index contributed by atoms with van der Waals surface area (Å²) >= 11 is 11.8. The minimum absolute atomic E-state index is 0.162. The van der Waals surface area contributed by atoms with Gasteiger partial charge in [-0.15, -0.1) is 0 Å². The predicted octanol–water partition coefficient (Wildman–Crippen LogP) is 2.80. The minimum Gasteiger partial charge on any atom is -0.481 e. The summed E-state index contributed by atoms with van der Waals surface area (Å²) in [6.07, 6.45) is 2.45. The molecule has 0 bridgehead atoms. The molecule has 0 aromatic heterocycles. The van der Waals surface area contributed by atoms with Crippen LogP contribution < -0.4 is 15.4 Å². The molecule has 0 saturated carbocycles. The van der Waals surface area contributed by atoms with E-state index in [-0.39, 0.29) is 5.91 Å². The molecule has 1 unspecified atom stereocenters. The second kappa shape index (κ2) is 7.69. The summed E-state index contributed by atoms with van der Waals surface area (Å²) in [5.41, 5.74) is 1.24. The van der Waals surface area contributed by atoms with Gasteiger partial charge in [0, 0.05) is 23.1 Å². The van der Waals surface area contributed by atoms with Gasteiger partial charge in [0.15, 0.2) is 6.10 Å². The lowest BCUT2D eigenvalue weighted by molar-refractivity contribution is -0.127. The van der Waals surface area contributed by atoms with Gasteiger partial charge in [-0.3, -0.25) is 4.79 Å². The molecule has 2 rings (SSSR count). The SMILES string of the molecule is CC(Oc1cc(Cl)cc(Cl)c1)C(=O)NCC1=CCNCC1. The molecule has 4 nitrogen and oxygen atoms in total. The first kappa shape index (κ1) is 16.1. The summed E-state index contributed by atoms with van der Waals surface area (Å²) < 4.78 is 5.56. The number of nitrogens with one attached hydrogen (secondary N) is 2. The highest BCUT2D eigenvalue weighted by Gasteiger charge is 2.15. The van der Waals surface area contributed by atoms with Crippen molar-refractivity contribution in [2.75, 3.05) is 19.6 Å². The summed E-state index contributed by atoms with van der Waals surface area (Å²) in [5, 5.41) is 7.06. The van der Waals surface area contributed by atoms with Crippen LogP contribution in [-0.4, -0.2) is 31.6 Å². The van der Waals surface area contributed by atoms with Crippen LogP contribution in [-0.2, 0) is 4.79 Å². The van der Waals surface area contributed by atoms with E-state index in [1.54, 1.807) is 25.1 Å². The van der Waals surface area contributed by atoms with Crippen LogP contribution in [0.25, 0.3) is 0 Å². The normalized spacial score (nSPS) is 16.0. The molecule has 114 valence electrons. The number of hydrogen-bond acceptors (Lipinski definition) is 3. The molecule has 6 heteroatoms. The van der Waals surface area contributed by atoms with Gasteiger partial charge in [-0.05, 0) is 38.1 Å². The number of ether oxygens (including phenoxy) is 1. The molecule has 2 N–H and O–H groups in total. The lowest BCUT2D eigenvalue weighted by Crippen LogP contribution is -2.38. The van der Waals surface area contributed by atoms with E-state index in [1.165, 1.54) is 5.57 Å². The lowest BCUT2D eigenvalue weighted by Gasteiger charge is -2.18. The summed E-state index contributed by atoms with van der Waals surface area (Å²) in [6, 6.07) is 4.88. The van der Waals surface area contributed by atoms with Crippen molar-refractivity contribution < 1.29 is 9.53 Å². The summed E-state index contributed by atoms with van der Waals surface area (Å²) in [7, 11) is 0. The largest absolute Gasteiger partial charge is 0.481 e. The number of rotatable bonds is 5. The summed E-state index contributed by atoms with van der Waals surface area (Å²) in [4.78, 5) is 12.0. The molecule has 0 fully saturated rings. The van der Waals surface area contributed by atoms with Crippen molar-refractivity contribution >= 4 is 29.1 Å². The third kappa shape index (κ3) is 5.23. The van der Waals surface area contributed by atoms with E-state index in [0.717, 1.165) is 19.5 Å². The maximum atomic E-state index is 12.0. The third-order valence-electron chi connectivity index (χ3n) is 3.17. The Kier molecular flexibility index (Phi) is 5.91. The van der Waals surface area contributed by atoms with Gasteiger partial charge in [-0.25, -0.2) is 0 Å². The van der Waals surface area contributed by atoms with E-state index < -0.39 is 6.10 Å². The number of hydrogen-bond donors (Lipinski definition) is 2. The highest BCUT2D eigenvalue weighted by molar-refractivity contribution is 6.34. The maximum Gasteiger partial charge on any atom is 0.261 e. The van der Waals surface area contributed by atoms with E-state index in [1.807, 2.05) is 0 Å². The average molecular weight is 329 g/mol. The van der Waals surface area contributed by atoms with E-state index >= 15 is 0 Å². The van der Waals surface area contributed by atoms with Crippen molar-refractivity contribution in [2.45, 2.75) is 19.4 Å². The van der Waals surface area contributed by atoms with E-state index in [0.29, 0.717) is 22.3 Å². The van der Waals surface area contributed by atoms with Crippen molar-refractivity contribution in [2.24, 2.45) is 0 Å². The van der Waals surface area contributed by atoms with Gasteiger partial charge >= 0.3 is 0 Å². The van der Waals surface area contributed by atoms with Crippen LogP contribution in [0.1, 0.15) is 13.3 Å². The minimum atomic E-state index is -0.609. The second-order valence-corrected chi connectivity index (χ2v) is 5.77. The van der Waals surface area contributed by atoms with Gasteiger partial charge in [0.25, 0.3) is 5.91 Å². The zero-order valence-electron chi connectivity index (χ0n) is 11.8. The first-order chi connectivity index (χ1) is 10.0. The first-order valence-corrected chi connectivity index (χ1v) is 7.59. The molecule has 0 aliphatic carbocycles. The predicted molar refractivity (Wildman–Crippen MR) is 85.1 cm³/mol.